The van der Waals surface area contributed by atoms with Crippen LogP contribution in [0.25, 0.3) is 0 Å². The molecule has 0 saturated heterocycles. The molecule has 1 aromatic rings. The van der Waals surface area contributed by atoms with Gasteiger partial charge in [0.1, 0.15) is 0 Å². The van der Waals surface area contributed by atoms with E-state index in [9.17, 15) is 0 Å². The summed E-state index contributed by atoms with van der Waals surface area (Å²) in [5.41, 5.74) is 4.79. The van der Waals surface area contributed by atoms with Crippen molar-refractivity contribution in [3.63, 3.8) is 0 Å². The van der Waals surface area contributed by atoms with E-state index in [2.05, 4.69) is 25.3 Å². The summed E-state index contributed by atoms with van der Waals surface area (Å²) in [6, 6.07) is 6.10. The average molecular weight is 271 g/mol. The Morgan fingerprint density at radius 3 is 2.61 bits per heavy atom. The Hall–Kier alpha value is -0.610. The average Bonchev–Trinajstić information content (AvgIpc) is 2.37. The topological polar surface area (TPSA) is 47.3 Å². The fraction of sp³-hybridized carbons (Fsp3) is 0.571. The Balaban J connectivity index is 2.92. The van der Waals surface area contributed by atoms with Crippen LogP contribution in [0.2, 0.25) is 5.02 Å². The Bertz CT molecular complexity index is 391. The highest BCUT2D eigenvalue weighted by Gasteiger charge is 2.32. The first-order valence-corrected chi connectivity index (χ1v) is 6.61. The lowest BCUT2D eigenvalue weighted by Gasteiger charge is -2.35. The van der Waals surface area contributed by atoms with Gasteiger partial charge in [0, 0.05) is 12.1 Å². The number of rotatable bonds is 6. The van der Waals surface area contributed by atoms with Gasteiger partial charge in [0.2, 0.25) is 0 Å². The fourth-order valence-corrected chi connectivity index (χ4v) is 2.33. The first kappa shape index (κ1) is 15.4. The van der Waals surface area contributed by atoms with E-state index in [0.717, 1.165) is 29.0 Å². The normalized spacial score (nSPS) is 16.3. The summed E-state index contributed by atoms with van der Waals surface area (Å²) in [6.07, 6.45) is 1.62. The highest BCUT2D eigenvalue weighted by molar-refractivity contribution is 6.31. The van der Waals surface area contributed by atoms with Crippen LogP contribution < -0.4 is 11.3 Å². The largest absolute Gasteiger partial charge is 0.377 e. The van der Waals surface area contributed by atoms with E-state index in [-0.39, 0.29) is 11.6 Å². The predicted molar refractivity (Wildman–Crippen MR) is 76.7 cm³/mol. The number of hydrazine groups is 1. The molecule has 0 heterocycles. The number of aryl methyl sites for hydroxylation is 1. The predicted octanol–water partition coefficient (Wildman–Crippen LogP) is 2.84. The van der Waals surface area contributed by atoms with Crippen molar-refractivity contribution in [1.29, 1.82) is 0 Å². The molecule has 0 aromatic heterocycles. The molecule has 0 saturated carbocycles. The Morgan fingerprint density at radius 1 is 1.50 bits per heavy atom. The van der Waals surface area contributed by atoms with Gasteiger partial charge in [-0.25, -0.2) is 0 Å². The lowest BCUT2D eigenvalue weighted by atomic mass is 9.88. The van der Waals surface area contributed by atoms with Crippen LogP contribution in [-0.4, -0.2) is 18.8 Å². The molecule has 18 heavy (non-hydrogen) atoms. The zero-order valence-electron chi connectivity index (χ0n) is 11.6. The number of ether oxygens (including phenoxy) is 1. The number of benzene rings is 1. The van der Waals surface area contributed by atoms with Crippen LogP contribution in [0.15, 0.2) is 18.2 Å². The quantitative estimate of drug-likeness (QED) is 0.617. The van der Waals surface area contributed by atoms with E-state index in [1.54, 1.807) is 7.11 Å². The third-order valence-electron chi connectivity index (χ3n) is 3.74. The second-order valence-corrected chi connectivity index (χ2v) is 5.30. The van der Waals surface area contributed by atoms with E-state index >= 15 is 0 Å². The van der Waals surface area contributed by atoms with Crippen molar-refractivity contribution in [1.82, 2.24) is 5.43 Å². The molecule has 2 unspecified atom stereocenters. The summed E-state index contributed by atoms with van der Waals surface area (Å²) in [5, 5.41) is 0.782. The van der Waals surface area contributed by atoms with Gasteiger partial charge in [-0.05, 0) is 43.9 Å². The van der Waals surface area contributed by atoms with Crippen molar-refractivity contribution < 1.29 is 4.74 Å². The molecule has 0 aliphatic heterocycles. The number of nitrogens with one attached hydrogen (secondary N) is 1. The highest BCUT2D eigenvalue weighted by atomic mass is 35.5. The maximum atomic E-state index is 6.26. The Morgan fingerprint density at radius 2 is 2.17 bits per heavy atom. The van der Waals surface area contributed by atoms with Crippen molar-refractivity contribution in [3.05, 3.63) is 34.3 Å². The summed E-state index contributed by atoms with van der Waals surface area (Å²) < 4.78 is 5.59. The third kappa shape index (κ3) is 3.45. The van der Waals surface area contributed by atoms with Gasteiger partial charge in [0.05, 0.1) is 11.6 Å². The molecule has 0 aliphatic carbocycles. The molecule has 0 bridgehead atoms. The second kappa shape index (κ2) is 6.53. The van der Waals surface area contributed by atoms with Crippen LogP contribution in [0.1, 0.15) is 31.4 Å². The molecule has 0 aliphatic rings. The Labute approximate surface area is 115 Å². The summed E-state index contributed by atoms with van der Waals surface area (Å²) in [7, 11) is 1.71. The first-order chi connectivity index (χ1) is 8.46. The zero-order valence-corrected chi connectivity index (χ0v) is 12.3. The summed E-state index contributed by atoms with van der Waals surface area (Å²) in [4.78, 5) is 0. The molecular formula is C14H23ClN2O. The molecule has 3 nitrogen and oxygen atoms in total. The summed E-state index contributed by atoms with van der Waals surface area (Å²) in [6.45, 7) is 6.17. The standard InChI is InChI=1S/C14H23ClN2O/c1-5-14(3,18-4)13(17-16)9-11-7-6-10(2)8-12(11)15/h6-8,13,17H,5,9,16H2,1-4H3. The smallest absolute Gasteiger partial charge is 0.0817 e. The monoisotopic (exact) mass is 270 g/mol. The molecule has 2 atom stereocenters. The molecule has 0 fully saturated rings. The van der Waals surface area contributed by atoms with Gasteiger partial charge in [-0.3, -0.25) is 11.3 Å². The van der Waals surface area contributed by atoms with Crippen LogP contribution in [0.4, 0.5) is 0 Å². The van der Waals surface area contributed by atoms with Crippen molar-refractivity contribution >= 4 is 11.6 Å². The minimum absolute atomic E-state index is 0.0210. The van der Waals surface area contributed by atoms with Crippen molar-refractivity contribution in [2.24, 2.45) is 5.84 Å². The van der Waals surface area contributed by atoms with Crippen molar-refractivity contribution in [2.45, 2.75) is 45.3 Å². The number of methoxy groups -OCH3 is 1. The lowest BCUT2D eigenvalue weighted by Crippen LogP contribution is -2.53. The van der Waals surface area contributed by atoms with Crippen LogP contribution in [0.3, 0.4) is 0 Å². The number of halogens is 1. The van der Waals surface area contributed by atoms with Gasteiger partial charge in [-0.15, -0.1) is 0 Å². The van der Waals surface area contributed by atoms with Crippen LogP contribution in [-0.2, 0) is 11.2 Å². The van der Waals surface area contributed by atoms with E-state index in [0.29, 0.717) is 0 Å². The van der Waals surface area contributed by atoms with Gasteiger partial charge in [0.25, 0.3) is 0 Å². The number of nitrogens with two attached hydrogens (primary N) is 1. The van der Waals surface area contributed by atoms with Crippen LogP contribution in [0.5, 0.6) is 0 Å². The van der Waals surface area contributed by atoms with E-state index in [1.807, 2.05) is 19.1 Å². The van der Waals surface area contributed by atoms with Gasteiger partial charge >= 0.3 is 0 Å². The first-order valence-electron chi connectivity index (χ1n) is 6.23. The minimum atomic E-state index is -0.303. The summed E-state index contributed by atoms with van der Waals surface area (Å²) >= 11 is 6.26. The Kier molecular flexibility index (Phi) is 5.60. The second-order valence-electron chi connectivity index (χ2n) is 4.89. The van der Waals surface area contributed by atoms with Crippen molar-refractivity contribution in [3.8, 4) is 0 Å². The SMILES string of the molecule is CCC(C)(OC)C(Cc1ccc(C)cc1Cl)NN. The molecule has 1 aromatic carbocycles. The van der Waals surface area contributed by atoms with Gasteiger partial charge in [-0.2, -0.15) is 0 Å². The van der Waals surface area contributed by atoms with Crippen molar-refractivity contribution in [2.75, 3.05) is 7.11 Å². The van der Waals surface area contributed by atoms with Gasteiger partial charge in [-0.1, -0.05) is 30.7 Å². The van der Waals surface area contributed by atoms with Gasteiger partial charge < -0.3 is 4.74 Å². The minimum Gasteiger partial charge on any atom is -0.377 e. The molecule has 0 spiro atoms. The molecule has 3 N–H and O–H groups in total. The fourth-order valence-electron chi connectivity index (χ4n) is 2.02. The molecule has 0 radical (unpaired) electrons. The van der Waals surface area contributed by atoms with Crippen LogP contribution >= 0.6 is 11.6 Å². The molecular weight excluding hydrogens is 248 g/mol. The van der Waals surface area contributed by atoms with E-state index in [1.165, 1.54) is 0 Å². The maximum Gasteiger partial charge on any atom is 0.0817 e. The number of hydrogen-bond donors (Lipinski definition) is 2. The summed E-state index contributed by atoms with van der Waals surface area (Å²) in [5.74, 6) is 5.66. The van der Waals surface area contributed by atoms with E-state index < -0.39 is 0 Å². The molecule has 4 heteroatoms. The van der Waals surface area contributed by atoms with E-state index in [4.69, 9.17) is 22.2 Å². The molecule has 102 valence electrons. The van der Waals surface area contributed by atoms with Gasteiger partial charge in [0.15, 0.2) is 0 Å². The molecule has 1 rings (SSSR count). The number of hydrogen-bond acceptors (Lipinski definition) is 3. The third-order valence-corrected chi connectivity index (χ3v) is 4.09. The molecule has 0 amide bonds. The van der Waals surface area contributed by atoms with Crippen LogP contribution in [0, 0.1) is 6.92 Å². The lowest BCUT2D eigenvalue weighted by molar-refractivity contribution is -0.0288. The zero-order chi connectivity index (χ0) is 13.8. The maximum absolute atomic E-state index is 6.26. The highest BCUT2D eigenvalue weighted by Crippen LogP contribution is 2.25.